The maximum Gasteiger partial charge on any atom is 0.259 e. The van der Waals surface area contributed by atoms with E-state index in [0.29, 0.717) is 17.3 Å². The third-order valence-electron chi connectivity index (χ3n) is 5.88. The van der Waals surface area contributed by atoms with Crippen molar-refractivity contribution in [1.29, 1.82) is 0 Å². The predicted octanol–water partition coefficient (Wildman–Crippen LogP) is 3.39. The lowest BCUT2D eigenvalue weighted by atomic mass is 10.1. The fourth-order valence-electron chi connectivity index (χ4n) is 4.33. The van der Waals surface area contributed by atoms with Gasteiger partial charge in [0.2, 0.25) is 0 Å². The van der Waals surface area contributed by atoms with Gasteiger partial charge in [0.05, 0.1) is 5.69 Å². The van der Waals surface area contributed by atoms with Gasteiger partial charge in [-0.25, -0.2) is 9.50 Å². The smallest absolute Gasteiger partial charge is 0.259 e. The van der Waals surface area contributed by atoms with Gasteiger partial charge in [-0.1, -0.05) is 37.3 Å². The molecule has 1 aliphatic rings. The van der Waals surface area contributed by atoms with Crippen LogP contribution in [-0.4, -0.2) is 56.0 Å². The van der Waals surface area contributed by atoms with Gasteiger partial charge in [-0.05, 0) is 38.8 Å². The van der Waals surface area contributed by atoms with E-state index in [2.05, 4.69) is 46.2 Å². The highest BCUT2D eigenvalue weighted by Gasteiger charge is 2.31. The quantitative estimate of drug-likeness (QED) is 0.684. The number of aromatic nitrogens is 3. The van der Waals surface area contributed by atoms with Crippen LogP contribution in [0.5, 0.6) is 0 Å². The molecule has 4 rings (SSSR count). The molecule has 1 atom stereocenters. The van der Waals surface area contributed by atoms with Crippen molar-refractivity contribution in [2.45, 2.75) is 46.7 Å². The molecule has 0 bridgehead atoms. The Morgan fingerprint density at radius 1 is 1.14 bits per heavy atom. The van der Waals surface area contributed by atoms with Crippen LogP contribution in [0.1, 0.15) is 46.3 Å². The van der Waals surface area contributed by atoms with E-state index >= 15 is 0 Å². The number of piperazine rings is 1. The number of fused-ring (bicyclic) bond motifs is 1. The number of hydrogen-bond donors (Lipinski definition) is 0. The Hall–Kier alpha value is -2.73. The summed E-state index contributed by atoms with van der Waals surface area (Å²) in [6.45, 7) is 11.3. The summed E-state index contributed by atoms with van der Waals surface area (Å²) < 4.78 is 1.79. The number of carbonyl (C=O) groups excluding carboxylic acids is 1. The van der Waals surface area contributed by atoms with E-state index in [-0.39, 0.29) is 5.91 Å². The Morgan fingerprint density at radius 3 is 2.62 bits per heavy atom. The molecule has 1 aromatic carbocycles. The van der Waals surface area contributed by atoms with Crippen molar-refractivity contribution in [2.24, 2.45) is 0 Å². The van der Waals surface area contributed by atoms with Gasteiger partial charge >= 0.3 is 0 Å². The first-order chi connectivity index (χ1) is 14.0. The van der Waals surface area contributed by atoms with Crippen molar-refractivity contribution < 1.29 is 4.79 Å². The highest BCUT2D eigenvalue weighted by Crippen LogP contribution is 2.22. The van der Waals surface area contributed by atoms with Crippen LogP contribution in [-0.2, 0) is 6.54 Å². The number of carbonyl (C=O) groups is 1. The molecule has 0 aliphatic carbocycles. The highest BCUT2D eigenvalue weighted by molar-refractivity contribution is 6.01. The molecule has 1 unspecified atom stereocenters. The topological polar surface area (TPSA) is 53.7 Å². The van der Waals surface area contributed by atoms with Crippen molar-refractivity contribution >= 4 is 11.6 Å². The largest absolute Gasteiger partial charge is 0.336 e. The van der Waals surface area contributed by atoms with E-state index in [0.717, 1.165) is 49.7 Å². The Labute approximate surface area is 172 Å². The van der Waals surface area contributed by atoms with Crippen LogP contribution in [0, 0.1) is 20.8 Å². The zero-order chi connectivity index (χ0) is 20.5. The normalized spacial score (nSPS) is 17.8. The first kappa shape index (κ1) is 19.6. The molecule has 1 aliphatic heterocycles. The first-order valence-electron chi connectivity index (χ1n) is 10.4. The number of benzene rings is 1. The van der Waals surface area contributed by atoms with Gasteiger partial charge < -0.3 is 4.90 Å². The fourth-order valence-corrected chi connectivity index (χ4v) is 4.33. The van der Waals surface area contributed by atoms with E-state index < -0.39 is 0 Å². The van der Waals surface area contributed by atoms with Crippen molar-refractivity contribution in [3.63, 3.8) is 0 Å². The molecule has 1 fully saturated rings. The van der Waals surface area contributed by atoms with E-state index in [9.17, 15) is 4.79 Å². The SMILES string of the molecule is CCC1CN(C(=O)c2c(C)nn3c(C)cc(C)nc23)CCN1Cc1ccccc1. The van der Waals surface area contributed by atoms with Gasteiger partial charge in [0.25, 0.3) is 5.91 Å². The Kier molecular flexibility index (Phi) is 5.37. The average molecular weight is 392 g/mol. The molecule has 0 radical (unpaired) electrons. The summed E-state index contributed by atoms with van der Waals surface area (Å²) in [7, 11) is 0. The van der Waals surface area contributed by atoms with Crippen molar-refractivity contribution in [3.8, 4) is 0 Å². The number of rotatable bonds is 4. The second kappa shape index (κ2) is 7.95. The second-order valence-electron chi connectivity index (χ2n) is 8.00. The van der Waals surface area contributed by atoms with Gasteiger partial charge in [-0.15, -0.1) is 0 Å². The molecular weight excluding hydrogens is 362 g/mol. The minimum absolute atomic E-state index is 0.0489. The van der Waals surface area contributed by atoms with Gasteiger partial charge in [-0.2, -0.15) is 5.10 Å². The molecule has 3 heterocycles. The molecule has 2 aromatic heterocycles. The molecule has 29 heavy (non-hydrogen) atoms. The molecule has 152 valence electrons. The van der Waals surface area contributed by atoms with E-state index in [1.165, 1.54) is 5.56 Å². The van der Waals surface area contributed by atoms with Crippen molar-refractivity contribution in [3.05, 3.63) is 64.6 Å². The van der Waals surface area contributed by atoms with Crippen LogP contribution in [0.4, 0.5) is 0 Å². The molecule has 0 N–H and O–H groups in total. The minimum Gasteiger partial charge on any atom is -0.336 e. The molecule has 0 spiro atoms. The van der Waals surface area contributed by atoms with Crippen LogP contribution < -0.4 is 0 Å². The van der Waals surface area contributed by atoms with E-state index in [1.54, 1.807) is 4.52 Å². The van der Waals surface area contributed by atoms with Crippen LogP contribution in [0.15, 0.2) is 36.4 Å². The lowest BCUT2D eigenvalue weighted by Gasteiger charge is -2.41. The van der Waals surface area contributed by atoms with Gasteiger partial charge in [0, 0.05) is 43.6 Å². The third-order valence-corrected chi connectivity index (χ3v) is 5.88. The number of nitrogens with zero attached hydrogens (tertiary/aromatic N) is 5. The molecule has 1 amide bonds. The van der Waals surface area contributed by atoms with Gasteiger partial charge in [0.1, 0.15) is 5.56 Å². The second-order valence-corrected chi connectivity index (χ2v) is 8.00. The Morgan fingerprint density at radius 2 is 1.90 bits per heavy atom. The molecule has 6 heteroatoms. The van der Waals surface area contributed by atoms with E-state index in [4.69, 9.17) is 0 Å². The lowest BCUT2D eigenvalue weighted by Crippen LogP contribution is -2.54. The number of hydrogen-bond acceptors (Lipinski definition) is 4. The number of aryl methyl sites for hydroxylation is 3. The Balaban J connectivity index is 1.56. The maximum absolute atomic E-state index is 13.5. The van der Waals surface area contributed by atoms with Crippen LogP contribution in [0.3, 0.4) is 0 Å². The molecule has 0 saturated carbocycles. The lowest BCUT2D eigenvalue weighted by molar-refractivity contribution is 0.0451. The first-order valence-corrected chi connectivity index (χ1v) is 10.4. The van der Waals surface area contributed by atoms with Gasteiger partial charge in [0.15, 0.2) is 5.65 Å². The summed E-state index contributed by atoms with van der Waals surface area (Å²) >= 11 is 0. The monoisotopic (exact) mass is 391 g/mol. The summed E-state index contributed by atoms with van der Waals surface area (Å²) in [6, 6.07) is 12.9. The molecule has 3 aromatic rings. The molecule has 6 nitrogen and oxygen atoms in total. The standard InChI is InChI=1S/C23H29N5O/c1-5-20-15-27(12-11-26(20)14-19-9-7-6-8-10-19)23(29)21-18(4)25-28-17(3)13-16(2)24-22(21)28/h6-10,13,20H,5,11-12,14-15H2,1-4H3. The fraction of sp³-hybridized carbons (Fsp3) is 0.435. The van der Waals surface area contributed by atoms with Crippen LogP contribution in [0.25, 0.3) is 5.65 Å². The summed E-state index contributed by atoms with van der Waals surface area (Å²) in [5.74, 6) is 0.0489. The molecule has 1 saturated heterocycles. The summed E-state index contributed by atoms with van der Waals surface area (Å²) in [6.07, 6.45) is 1.01. The number of amides is 1. The van der Waals surface area contributed by atoms with Gasteiger partial charge in [-0.3, -0.25) is 9.69 Å². The highest BCUT2D eigenvalue weighted by atomic mass is 16.2. The zero-order valence-corrected chi connectivity index (χ0v) is 17.7. The summed E-state index contributed by atoms with van der Waals surface area (Å²) in [5.41, 5.74) is 5.28. The van der Waals surface area contributed by atoms with Crippen molar-refractivity contribution in [2.75, 3.05) is 19.6 Å². The molecular formula is C23H29N5O. The predicted molar refractivity (Wildman–Crippen MR) is 114 cm³/mol. The maximum atomic E-state index is 13.5. The summed E-state index contributed by atoms with van der Waals surface area (Å²) in [5, 5.41) is 4.58. The van der Waals surface area contributed by atoms with Crippen molar-refractivity contribution in [1.82, 2.24) is 24.4 Å². The zero-order valence-electron chi connectivity index (χ0n) is 17.7. The summed E-state index contributed by atoms with van der Waals surface area (Å²) in [4.78, 5) is 22.6. The van der Waals surface area contributed by atoms with E-state index in [1.807, 2.05) is 37.8 Å². The minimum atomic E-state index is 0.0489. The van der Waals surface area contributed by atoms with Crippen LogP contribution >= 0.6 is 0 Å². The third kappa shape index (κ3) is 3.77. The average Bonchev–Trinajstić information content (AvgIpc) is 3.04. The van der Waals surface area contributed by atoms with Crippen LogP contribution in [0.2, 0.25) is 0 Å². The Bertz CT molecular complexity index is 1030.